The Labute approximate surface area is 184 Å². The van der Waals surface area contributed by atoms with E-state index in [1.807, 2.05) is 31.2 Å². The lowest BCUT2D eigenvalue weighted by Gasteiger charge is -2.11. The van der Waals surface area contributed by atoms with Gasteiger partial charge in [-0.3, -0.25) is 9.59 Å². The molecule has 160 valence electrons. The van der Waals surface area contributed by atoms with Crippen molar-refractivity contribution in [2.45, 2.75) is 6.92 Å². The van der Waals surface area contributed by atoms with Crippen LogP contribution in [-0.2, 0) is 0 Å². The summed E-state index contributed by atoms with van der Waals surface area (Å²) >= 11 is 0. The van der Waals surface area contributed by atoms with Gasteiger partial charge in [-0.25, -0.2) is 0 Å². The number of anilines is 1. The van der Waals surface area contributed by atoms with Crippen LogP contribution in [-0.4, -0.2) is 29.1 Å². The zero-order chi connectivity index (χ0) is 22.7. The number of aryl methyl sites for hydroxylation is 1. The second-order valence-electron chi connectivity index (χ2n) is 7.04. The molecule has 1 aromatic heterocycles. The number of amides is 2. The van der Waals surface area contributed by atoms with Crippen LogP contribution in [0.3, 0.4) is 0 Å². The van der Waals surface area contributed by atoms with Gasteiger partial charge >= 0.3 is 0 Å². The van der Waals surface area contributed by atoms with E-state index in [0.717, 1.165) is 11.1 Å². The molecule has 0 bridgehead atoms. The Morgan fingerprint density at radius 3 is 2.31 bits per heavy atom. The minimum absolute atomic E-state index is 0.261. The van der Waals surface area contributed by atoms with Gasteiger partial charge in [0.05, 0.1) is 12.8 Å². The van der Waals surface area contributed by atoms with Crippen LogP contribution in [0.4, 0.5) is 5.69 Å². The first-order valence-corrected chi connectivity index (χ1v) is 9.75. The molecule has 3 aromatic carbocycles. The van der Waals surface area contributed by atoms with E-state index in [4.69, 9.17) is 14.9 Å². The summed E-state index contributed by atoms with van der Waals surface area (Å²) in [6, 6.07) is 19.1. The number of hydrogen-bond acceptors (Lipinski definition) is 6. The molecule has 32 heavy (non-hydrogen) atoms. The fraction of sp³-hybridized carbons (Fsp3) is 0.0833. The van der Waals surface area contributed by atoms with Crippen molar-refractivity contribution in [3.05, 3.63) is 83.4 Å². The van der Waals surface area contributed by atoms with Crippen LogP contribution in [0.1, 0.15) is 26.3 Å². The SMILES string of the molecule is COc1ccc(C(N)=O)cc1NC(=O)c1ccc(-c2nnc(-c3ccccc3C)o2)cc1. The van der Waals surface area contributed by atoms with Crippen molar-refractivity contribution >= 4 is 17.5 Å². The molecule has 4 aromatic rings. The Balaban J connectivity index is 1.53. The number of methoxy groups -OCH3 is 1. The Kier molecular flexibility index (Phi) is 5.67. The Hall–Kier alpha value is -4.46. The summed E-state index contributed by atoms with van der Waals surface area (Å²) in [6.45, 7) is 1.97. The van der Waals surface area contributed by atoms with E-state index in [0.29, 0.717) is 34.3 Å². The highest BCUT2D eigenvalue weighted by Crippen LogP contribution is 2.28. The van der Waals surface area contributed by atoms with Crippen LogP contribution in [0.2, 0.25) is 0 Å². The highest BCUT2D eigenvalue weighted by molar-refractivity contribution is 6.06. The molecule has 8 nitrogen and oxygen atoms in total. The van der Waals surface area contributed by atoms with Crippen molar-refractivity contribution in [1.29, 1.82) is 0 Å². The number of nitrogens with two attached hydrogens (primary N) is 1. The topological polar surface area (TPSA) is 120 Å². The first-order chi connectivity index (χ1) is 15.5. The molecular weight excluding hydrogens is 408 g/mol. The van der Waals surface area contributed by atoms with Crippen LogP contribution in [0.5, 0.6) is 5.75 Å². The lowest BCUT2D eigenvalue weighted by atomic mass is 10.1. The van der Waals surface area contributed by atoms with Crippen LogP contribution in [0.15, 0.2) is 71.1 Å². The fourth-order valence-electron chi connectivity index (χ4n) is 3.18. The molecule has 0 spiro atoms. The molecule has 0 unspecified atom stereocenters. The third-order valence-electron chi connectivity index (χ3n) is 4.93. The predicted octanol–water partition coefficient (Wildman–Crippen LogP) is 4.07. The summed E-state index contributed by atoms with van der Waals surface area (Å²) in [7, 11) is 1.47. The molecule has 0 aliphatic rings. The molecule has 4 rings (SSSR count). The number of aromatic nitrogens is 2. The van der Waals surface area contributed by atoms with E-state index in [2.05, 4.69) is 15.5 Å². The van der Waals surface area contributed by atoms with Crippen LogP contribution in [0, 0.1) is 6.92 Å². The van der Waals surface area contributed by atoms with E-state index >= 15 is 0 Å². The zero-order valence-electron chi connectivity index (χ0n) is 17.5. The predicted molar refractivity (Wildman–Crippen MR) is 119 cm³/mol. The van der Waals surface area contributed by atoms with Gasteiger partial charge in [0.15, 0.2) is 0 Å². The Morgan fingerprint density at radius 1 is 0.938 bits per heavy atom. The molecule has 0 fully saturated rings. The highest BCUT2D eigenvalue weighted by Gasteiger charge is 2.15. The second-order valence-corrected chi connectivity index (χ2v) is 7.04. The van der Waals surface area contributed by atoms with E-state index in [9.17, 15) is 9.59 Å². The molecule has 0 saturated carbocycles. The minimum atomic E-state index is -0.600. The van der Waals surface area contributed by atoms with Gasteiger partial charge in [0.25, 0.3) is 5.91 Å². The van der Waals surface area contributed by atoms with Crippen molar-refractivity contribution < 1.29 is 18.7 Å². The molecule has 0 radical (unpaired) electrons. The molecule has 3 N–H and O–H groups in total. The van der Waals surface area contributed by atoms with Crippen molar-refractivity contribution in [2.24, 2.45) is 5.73 Å². The van der Waals surface area contributed by atoms with Gasteiger partial charge in [-0.05, 0) is 61.0 Å². The third kappa shape index (κ3) is 4.20. The maximum atomic E-state index is 12.7. The number of hydrogen-bond donors (Lipinski definition) is 2. The van der Waals surface area contributed by atoms with Gasteiger partial charge in [0, 0.05) is 22.3 Å². The van der Waals surface area contributed by atoms with Gasteiger partial charge in [-0.1, -0.05) is 18.2 Å². The average molecular weight is 428 g/mol. The summed E-state index contributed by atoms with van der Waals surface area (Å²) in [4.78, 5) is 24.1. The maximum absolute atomic E-state index is 12.7. The third-order valence-corrected chi connectivity index (χ3v) is 4.93. The minimum Gasteiger partial charge on any atom is -0.495 e. The summed E-state index contributed by atoms with van der Waals surface area (Å²) in [5.41, 5.74) is 8.92. The number of nitrogens with zero attached hydrogens (tertiary/aromatic N) is 2. The summed E-state index contributed by atoms with van der Waals surface area (Å²) in [5.74, 6) is 0.224. The van der Waals surface area contributed by atoms with Gasteiger partial charge in [-0.15, -0.1) is 10.2 Å². The molecule has 8 heteroatoms. The Morgan fingerprint density at radius 2 is 1.62 bits per heavy atom. The number of benzene rings is 3. The summed E-state index contributed by atoms with van der Waals surface area (Å²) in [5, 5.41) is 11.0. The number of carbonyl (C=O) groups is 2. The summed E-state index contributed by atoms with van der Waals surface area (Å²) < 4.78 is 11.1. The number of nitrogens with one attached hydrogen (secondary N) is 1. The second kappa shape index (κ2) is 8.73. The molecule has 0 saturated heterocycles. The van der Waals surface area contributed by atoms with Crippen LogP contribution < -0.4 is 15.8 Å². The molecule has 0 aliphatic heterocycles. The summed E-state index contributed by atoms with van der Waals surface area (Å²) in [6.07, 6.45) is 0. The molecular formula is C24H20N4O4. The maximum Gasteiger partial charge on any atom is 0.255 e. The normalized spacial score (nSPS) is 10.6. The van der Waals surface area contributed by atoms with E-state index in [1.165, 1.54) is 19.2 Å². The van der Waals surface area contributed by atoms with E-state index < -0.39 is 5.91 Å². The standard InChI is InChI=1S/C24H20N4O4/c1-14-5-3-4-6-18(14)24-28-27-23(32-24)16-9-7-15(8-10-16)22(30)26-19-13-17(21(25)29)11-12-20(19)31-2/h3-13H,1-2H3,(H2,25,29)(H,26,30). The van der Waals surface area contributed by atoms with Crippen molar-refractivity contribution in [1.82, 2.24) is 10.2 Å². The average Bonchev–Trinajstić information content (AvgIpc) is 3.29. The fourth-order valence-corrected chi connectivity index (χ4v) is 3.18. The van der Waals surface area contributed by atoms with E-state index in [-0.39, 0.29) is 11.5 Å². The monoisotopic (exact) mass is 428 g/mol. The lowest BCUT2D eigenvalue weighted by Crippen LogP contribution is -2.15. The zero-order valence-corrected chi connectivity index (χ0v) is 17.5. The number of primary amides is 1. The molecule has 2 amide bonds. The van der Waals surface area contributed by atoms with Gasteiger partial charge in [-0.2, -0.15) is 0 Å². The van der Waals surface area contributed by atoms with Gasteiger partial charge in [0.2, 0.25) is 17.7 Å². The number of ether oxygens (including phenoxy) is 1. The quantitative estimate of drug-likeness (QED) is 0.478. The number of rotatable bonds is 6. The van der Waals surface area contributed by atoms with Crippen molar-refractivity contribution in [3.8, 4) is 28.7 Å². The first-order valence-electron chi connectivity index (χ1n) is 9.75. The number of carbonyl (C=O) groups excluding carboxylic acids is 2. The largest absolute Gasteiger partial charge is 0.495 e. The smallest absolute Gasteiger partial charge is 0.255 e. The lowest BCUT2D eigenvalue weighted by molar-refractivity contribution is 0.0996. The molecule has 0 atom stereocenters. The first kappa shape index (κ1) is 20.8. The van der Waals surface area contributed by atoms with Gasteiger partial charge < -0.3 is 20.2 Å². The van der Waals surface area contributed by atoms with Crippen molar-refractivity contribution in [3.63, 3.8) is 0 Å². The van der Waals surface area contributed by atoms with Crippen LogP contribution >= 0.6 is 0 Å². The highest BCUT2D eigenvalue weighted by atomic mass is 16.5. The van der Waals surface area contributed by atoms with Crippen LogP contribution in [0.25, 0.3) is 22.9 Å². The molecule has 1 heterocycles. The van der Waals surface area contributed by atoms with E-state index in [1.54, 1.807) is 30.3 Å². The Bertz CT molecular complexity index is 1300. The van der Waals surface area contributed by atoms with Gasteiger partial charge in [0.1, 0.15) is 5.75 Å². The van der Waals surface area contributed by atoms with Crippen molar-refractivity contribution in [2.75, 3.05) is 12.4 Å². The molecule has 0 aliphatic carbocycles.